The van der Waals surface area contributed by atoms with Crippen molar-refractivity contribution >= 4 is 29.2 Å². The van der Waals surface area contributed by atoms with Gasteiger partial charge in [0, 0.05) is 18.2 Å². The largest absolute Gasteiger partial charge is 0.453 e. The zero-order chi connectivity index (χ0) is 20.8. The van der Waals surface area contributed by atoms with Crippen molar-refractivity contribution < 1.29 is 18.7 Å². The molecule has 2 heterocycles. The molecule has 0 aliphatic carbocycles. The van der Waals surface area contributed by atoms with Gasteiger partial charge in [-0.25, -0.2) is 9.97 Å². The lowest BCUT2D eigenvalue weighted by atomic mass is 10.1. The summed E-state index contributed by atoms with van der Waals surface area (Å²) >= 11 is 5.90. The molecule has 150 valence electrons. The molecule has 0 saturated heterocycles. The third-order valence-corrected chi connectivity index (χ3v) is 4.43. The smallest absolute Gasteiger partial charge is 0.307 e. The topological polar surface area (TPSA) is 94.3 Å². The number of carbonyl (C=O) groups excluding carboxylic acids is 2. The van der Waals surface area contributed by atoms with Crippen LogP contribution in [0.1, 0.15) is 24.8 Å². The van der Waals surface area contributed by atoms with Gasteiger partial charge in [-0.1, -0.05) is 41.4 Å². The molecular formula is C21H20ClN3O4. The fourth-order valence-electron chi connectivity index (χ4n) is 2.51. The lowest BCUT2D eigenvalue weighted by molar-refractivity contribution is -0.153. The third kappa shape index (κ3) is 5.65. The number of oxazole rings is 1. The summed E-state index contributed by atoms with van der Waals surface area (Å²) in [5.41, 5.74) is 2.42. The molecule has 1 aromatic carbocycles. The highest BCUT2D eigenvalue weighted by Gasteiger charge is 2.19. The van der Waals surface area contributed by atoms with Crippen LogP contribution in [-0.2, 0) is 20.7 Å². The monoisotopic (exact) mass is 413 g/mol. The highest BCUT2D eigenvalue weighted by Crippen LogP contribution is 2.21. The van der Waals surface area contributed by atoms with Crippen molar-refractivity contribution in [2.24, 2.45) is 0 Å². The second kappa shape index (κ2) is 9.34. The first-order chi connectivity index (χ1) is 13.9. The second-order valence-electron chi connectivity index (χ2n) is 6.45. The van der Waals surface area contributed by atoms with Gasteiger partial charge in [0.05, 0.1) is 18.3 Å². The number of amides is 1. The van der Waals surface area contributed by atoms with Crippen molar-refractivity contribution in [2.75, 3.05) is 5.32 Å². The lowest BCUT2D eigenvalue weighted by Gasteiger charge is -2.13. The summed E-state index contributed by atoms with van der Waals surface area (Å²) in [5.74, 6) is 0.0392. The number of benzene rings is 1. The minimum Gasteiger partial charge on any atom is -0.453 e. The molecule has 1 amide bonds. The van der Waals surface area contributed by atoms with Crippen LogP contribution in [0.3, 0.4) is 0 Å². The van der Waals surface area contributed by atoms with E-state index in [2.05, 4.69) is 15.3 Å². The number of carbonyl (C=O) groups is 2. The Bertz CT molecular complexity index is 1000. The number of nitrogens with one attached hydrogen (secondary N) is 1. The van der Waals surface area contributed by atoms with Crippen molar-refractivity contribution in [2.45, 2.75) is 32.8 Å². The Labute approximate surface area is 173 Å². The Kier molecular flexibility index (Phi) is 6.61. The predicted molar refractivity (Wildman–Crippen MR) is 108 cm³/mol. The first-order valence-corrected chi connectivity index (χ1v) is 9.43. The van der Waals surface area contributed by atoms with Gasteiger partial charge in [0.15, 0.2) is 22.9 Å². The van der Waals surface area contributed by atoms with Crippen LogP contribution in [0, 0.1) is 6.92 Å². The maximum atomic E-state index is 12.2. The molecule has 3 aromatic rings. The zero-order valence-corrected chi connectivity index (χ0v) is 16.8. The van der Waals surface area contributed by atoms with Crippen LogP contribution in [-0.4, -0.2) is 27.9 Å². The Morgan fingerprint density at radius 2 is 1.97 bits per heavy atom. The van der Waals surface area contributed by atoms with E-state index in [-0.39, 0.29) is 18.0 Å². The number of nitrogens with zero attached hydrogens (tertiary/aromatic N) is 2. The molecule has 1 unspecified atom stereocenters. The summed E-state index contributed by atoms with van der Waals surface area (Å²) in [6, 6.07) is 11.1. The van der Waals surface area contributed by atoms with Crippen molar-refractivity contribution in [3.8, 4) is 11.3 Å². The Morgan fingerprint density at radius 1 is 1.21 bits per heavy atom. The van der Waals surface area contributed by atoms with Crippen LogP contribution in [0.4, 0.5) is 5.69 Å². The van der Waals surface area contributed by atoms with Crippen LogP contribution in [0.15, 0.2) is 53.2 Å². The van der Waals surface area contributed by atoms with Crippen molar-refractivity contribution in [1.82, 2.24) is 9.97 Å². The van der Waals surface area contributed by atoms with Crippen molar-refractivity contribution in [3.63, 3.8) is 0 Å². The fraction of sp³-hybridized carbons (Fsp3) is 0.238. The quantitative estimate of drug-likeness (QED) is 0.460. The zero-order valence-electron chi connectivity index (χ0n) is 16.0. The Balaban J connectivity index is 1.49. The predicted octanol–water partition coefficient (Wildman–Crippen LogP) is 4.20. The van der Waals surface area contributed by atoms with E-state index in [9.17, 15) is 9.59 Å². The normalized spacial score (nSPS) is 11.7. The molecule has 0 fully saturated rings. The molecule has 8 heteroatoms. The molecule has 1 N–H and O–H groups in total. The molecule has 0 aliphatic rings. The first kappa shape index (κ1) is 20.5. The fourth-order valence-corrected chi connectivity index (χ4v) is 2.68. The average molecular weight is 414 g/mol. The second-order valence-corrected chi connectivity index (χ2v) is 6.81. The number of aromatic nitrogens is 2. The summed E-state index contributed by atoms with van der Waals surface area (Å²) in [7, 11) is 0. The maximum Gasteiger partial charge on any atom is 0.307 e. The number of rotatable bonds is 7. The summed E-state index contributed by atoms with van der Waals surface area (Å²) in [4.78, 5) is 32.3. The standard InChI is InChI=1S/C21H20ClN3O4/c1-13-5-7-15(8-6-13)17-12-24-18(29-17)9-10-19(26)28-14(2)21(27)25-16-4-3-11-23-20(16)22/h3-8,11-12,14H,9-10H2,1-2H3,(H,25,27). The minimum atomic E-state index is -0.980. The van der Waals surface area contributed by atoms with Crippen molar-refractivity contribution in [1.29, 1.82) is 0 Å². The van der Waals surface area contributed by atoms with Gasteiger partial charge in [-0.2, -0.15) is 0 Å². The minimum absolute atomic E-state index is 0.0408. The van der Waals surface area contributed by atoms with Crippen LogP contribution < -0.4 is 5.32 Å². The van der Waals surface area contributed by atoms with Crippen LogP contribution >= 0.6 is 11.6 Å². The van der Waals surface area contributed by atoms with E-state index < -0.39 is 18.0 Å². The number of hydrogen-bond acceptors (Lipinski definition) is 6. The number of pyridine rings is 1. The molecule has 2 aromatic heterocycles. The van der Waals surface area contributed by atoms with Gasteiger partial charge >= 0.3 is 5.97 Å². The molecule has 29 heavy (non-hydrogen) atoms. The average Bonchev–Trinajstić information content (AvgIpc) is 3.17. The van der Waals surface area contributed by atoms with E-state index in [4.69, 9.17) is 20.8 Å². The number of ether oxygens (including phenoxy) is 1. The van der Waals surface area contributed by atoms with Gasteiger partial charge in [0.1, 0.15) is 0 Å². The Morgan fingerprint density at radius 3 is 2.69 bits per heavy atom. The van der Waals surface area contributed by atoms with Crippen LogP contribution in [0.2, 0.25) is 5.15 Å². The lowest BCUT2D eigenvalue weighted by Crippen LogP contribution is -2.30. The van der Waals surface area contributed by atoms with Gasteiger partial charge < -0.3 is 14.5 Å². The number of esters is 1. The molecular weight excluding hydrogens is 394 g/mol. The molecule has 7 nitrogen and oxygen atoms in total. The molecule has 0 bridgehead atoms. The van der Waals surface area contributed by atoms with Gasteiger partial charge in [0.25, 0.3) is 5.91 Å². The summed E-state index contributed by atoms with van der Waals surface area (Å²) in [5, 5.41) is 2.73. The third-order valence-electron chi connectivity index (χ3n) is 4.13. The van der Waals surface area contributed by atoms with E-state index in [0.29, 0.717) is 17.3 Å². The highest BCUT2D eigenvalue weighted by molar-refractivity contribution is 6.32. The first-order valence-electron chi connectivity index (χ1n) is 9.05. The van der Waals surface area contributed by atoms with E-state index in [1.165, 1.54) is 13.1 Å². The van der Waals surface area contributed by atoms with Crippen LogP contribution in [0.5, 0.6) is 0 Å². The van der Waals surface area contributed by atoms with Crippen LogP contribution in [0.25, 0.3) is 11.3 Å². The van der Waals surface area contributed by atoms with Gasteiger partial charge in [-0.3, -0.25) is 9.59 Å². The number of aryl methyl sites for hydroxylation is 2. The molecule has 0 radical (unpaired) electrons. The molecule has 0 saturated carbocycles. The van der Waals surface area contributed by atoms with E-state index in [0.717, 1.165) is 11.1 Å². The Hall–Kier alpha value is -3.19. The van der Waals surface area contributed by atoms with Gasteiger partial charge in [0.2, 0.25) is 0 Å². The number of anilines is 1. The maximum absolute atomic E-state index is 12.2. The van der Waals surface area contributed by atoms with E-state index in [1.54, 1.807) is 18.3 Å². The summed E-state index contributed by atoms with van der Waals surface area (Å²) in [6.07, 6.45) is 2.46. The van der Waals surface area contributed by atoms with Gasteiger partial charge in [-0.15, -0.1) is 0 Å². The van der Waals surface area contributed by atoms with Crippen molar-refractivity contribution in [3.05, 3.63) is 65.4 Å². The highest BCUT2D eigenvalue weighted by atomic mass is 35.5. The van der Waals surface area contributed by atoms with E-state index >= 15 is 0 Å². The molecule has 3 rings (SSSR count). The number of hydrogen-bond donors (Lipinski definition) is 1. The summed E-state index contributed by atoms with van der Waals surface area (Å²) in [6.45, 7) is 3.49. The van der Waals surface area contributed by atoms with E-state index in [1.807, 2.05) is 31.2 Å². The van der Waals surface area contributed by atoms with Gasteiger partial charge in [-0.05, 0) is 26.0 Å². The SMILES string of the molecule is Cc1ccc(-c2cnc(CCC(=O)OC(C)C(=O)Nc3cccnc3Cl)o2)cc1. The number of halogens is 1. The summed E-state index contributed by atoms with van der Waals surface area (Å²) < 4.78 is 10.9. The molecule has 1 atom stereocenters. The molecule has 0 spiro atoms. The molecule has 0 aliphatic heterocycles.